The summed E-state index contributed by atoms with van der Waals surface area (Å²) in [5, 5.41) is -0.344. The highest BCUT2D eigenvalue weighted by Gasteiger charge is 2.07. The van der Waals surface area contributed by atoms with Gasteiger partial charge in [-0.3, -0.25) is 9.69 Å². The minimum absolute atomic E-state index is 0.145. The Morgan fingerprint density at radius 3 is 2.42 bits per heavy atom. The van der Waals surface area contributed by atoms with E-state index in [4.69, 9.17) is 5.73 Å². The maximum absolute atomic E-state index is 10.9. The molecule has 0 unspecified atom stereocenters. The summed E-state index contributed by atoms with van der Waals surface area (Å²) in [5.41, 5.74) is 6.13. The number of amides is 1. The Bertz CT molecular complexity index is 263. The van der Waals surface area contributed by atoms with Crippen LogP contribution < -0.4 is 10.6 Å². The lowest BCUT2D eigenvalue weighted by atomic mass is 10.3. The Kier molecular flexibility index (Phi) is 3.13. The van der Waals surface area contributed by atoms with Crippen molar-refractivity contribution in [3.63, 3.8) is 0 Å². The Labute approximate surface area is 76.6 Å². The van der Waals surface area contributed by atoms with Crippen molar-refractivity contribution in [2.45, 2.75) is 0 Å². The van der Waals surface area contributed by atoms with E-state index in [2.05, 4.69) is 12.6 Å². The summed E-state index contributed by atoms with van der Waals surface area (Å²) < 4.78 is 0. The molecule has 0 heterocycles. The summed E-state index contributed by atoms with van der Waals surface area (Å²) in [5.74, 6) is 0. The first-order valence-corrected chi connectivity index (χ1v) is 3.96. The van der Waals surface area contributed by atoms with Crippen LogP contribution in [0.15, 0.2) is 30.3 Å². The van der Waals surface area contributed by atoms with E-state index in [0.717, 1.165) is 5.69 Å². The van der Waals surface area contributed by atoms with Gasteiger partial charge in [0.15, 0.2) is 0 Å². The van der Waals surface area contributed by atoms with Gasteiger partial charge >= 0.3 is 0 Å². The van der Waals surface area contributed by atoms with Crippen LogP contribution in [0.3, 0.4) is 0 Å². The minimum Gasteiger partial charge on any atom is -0.313 e. The predicted octanol–water partition coefficient (Wildman–Crippen LogP) is 1.46. The molecule has 4 heteroatoms. The molecule has 0 aliphatic heterocycles. The third kappa shape index (κ3) is 1.99. The molecule has 0 spiro atoms. The molecule has 64 valence electrons. The fourth-order valence-corrected chi connectivity index (χ4v) is 1.10. The van der Waals surface area contributed by atoms with E-state index in [1.165, 1.54) is 4.90 Å². The summed E-state index contributed by atoms with van der Waals surface area (Å²) >= 11 is 3.69. The van der Waals surface area contributed by atoms with Crippen LogP contribution in [-0.2, 0) is 0 Å². The molecular weight excluding hydrogens is 172 g/mol. The van der Waals surface area contributed by atoms with Crippen LogP contribution in [0, 0.1) is 0 Å². The highest BCUT2D eigenvalue weighted by molar-refractivity contribution is 7.96. The third-order valence-corrected chi connectivity index (χ3v) is 1.72. The van der Waals surface area contributed by atoms with Crippen molar-refractivity contribution in [1.29, 1.82) is 0 Å². The number of thiol groups is 1. The maximum atomic E-state index is 10.9. The van der Waals surface area contributed by atoms with E-state index in [-0.39, 0.29) is 11.9 Å². The lowest BCUT2D eigenvalue weighted by Crippen LogP contribution is -2.31. The molecule has 2 N–H and O–H groups in total. The molecule has 0 aliphatic carbocycles. The number of hydrogen-bond acceptors (Lipinski definition) is 2. The van der Waals surface area contributed by atoms with Crippen LogP contribution in [0.4, 0.5) is 10.5 Å². The first-order chi connectivity index (χ1) is 5.75. The van der Waals surface area contributed by atoms with Crippen molar-refractivity contribution in [2.75, 3.05) is 11.6 Å². The number of carbonyl (C=O) groups is 1. The standard InChI is InChI=1S/C8H10N2OS/c9-6-10(8(11)12)7-4-2-1-3-5-7/h1-5H,6,9H2,(H,11,12). The largest absolute Gasteiger partial charge is 0.313 e. The highest BCUT2D eigenvalue weighted by Crippen LogP contribution is 2.13. The van der Waals surface area contributed by atoms with Crippen LogP contribution in [-0.4, -0.2) is 11.9 Å². The van der Waals surface area contributed by atoms with Crippen LogP contribution in [0.5, 0.6) is 0 Å². The predicted molar refractivity (Wildman–Crippen MR) is 52.4 cm³/mol. The van der Waals surface area contributed by atoms with Gasteiger partial charge in [-0.1, -0.05) is 30.8 Å². The van der Waals surface area contributed by atoms with Gasteiger partial charge in [-0.2, -0.15) is 0 Å². The summed E-state index contributed by atoms with van der Waals surface area (Å²) in [4.78, 5) is 12.3. The molecule has 1 aromatic rings. The molecule has 0 radical (unpaired) electrons. The fourth-order valence-electron chi connectivity index (χ4n) is 0.902. The first kappa shape index (κ1) is 9.09. The number of anilines is 1. The van der Waals surface area contributed by atoms with Crippen LogP contribution in [0.25, 0.3) is 0 Å². The highest BCUT2D eigenvalue weighted by atomic mass is 32.1. The summed E-state index contributed by atoms with van der Waals surface area (Å²) in [6, 6.07) is 9.17. The number of nitrogens with two attached hydrogens (primary N) is 1. The Morgan fingerprint density at radius 2 is 2.00 bits per heavy atom. The van der Waals surface area contributed by atoms with E-state index in [9.17, 15) is 4.79 Å². The van der Waals surface area contributed by atoms with Crippen molar-refractivity contribution >= 4 is 23.6 Å². The second-order valence-electron chi connectivity index (χ2n) is 2.23. The zero-order chi connectivity index (χ0) is 8.97. The number of carbonyl (C=O) groups excluding carboxylic acids is 1. The van der Waals surface area contributed by atoms with Gasteiger partial charge in [-0.15, -0.1) is 0 Å². The Hall–Kier alpha value is -1.00. The van der Waals surface area contributed by atoms with Gasteiger partial charge in [-0.05, 0) is 12.1 Å². The first-order valence-electron chi connectivity index (χ1n) is 3.51. The Morgan fingerprint density at radius 1 is 1.42 bits per heavy atom. The van der Waals surface area contributed by atoms with Gasteiger partial charge in [0.05, 0.1) is 6.67 Å². The van der Waals surface area contributed by atoms with E-state index in [1.807, 2.05) is 18.2 Å². The molecule has 0 bridgehead atoms. The van der Waals surface area contributed by atoms with Gasteiger partial charge < -0.3 is 5.73 Å². The van der Waals surface area contributed by atoms with Gasteiger partial charge in [-0.25, -0.2) is 0 Å². The van der Waals surface area contributed by atoms with Gasteiger partial charge in [0.1, 0.15) is 0 Å². The van der Waals surface area contributed by atoms with Gasteiger partial charge in [0.2, 0.25) is 0 Å². The van der Waals surface area contributed by atoms with Crippen molar-refractivity contribution in [2.24, 2.45) is 5.73 Å². The molecular formula is C8H10N2OS. The number of rotatable bonds is 2. The average Bonchev–Trinajstić information content (AvgIpc) is 2.07. The summed E-state index contributed by atoms with van der Waals surface area (Å²) in [7, 11) is 0. The van der Waals surface area contributed by atoms with Crippen LogP contribution >= 0.6 is 12.6 Å². The second-order valence-corrected chi connectivity index (χ2v) is 2.61. The van der Waals surface area contributed by atoms with Gasteiger partial charge in [0, 0.05) is 5.69 Å². The summed E-state index contributed by atoms with van der Waals surface area (Å²) in [6.45, 7) is 0.145. The number of hydrogen-bond donors (Lipinski definition) is 2. The monoisotopic (exact) mass is 182 g/mol. The van der Waals surface area contributed by atoms with Crippen LogP contribution in [0.1, 0.15) is 0 Å². The number of para-hydroxylation sites is 1. The minimum atomic E-state index is -0.344. The lowest BCUT2D eigenvalue weighted by molar-refractivity contribution is 0.265. The fraction of sp³-hybridized carbons (Fsp3) is 0.125. The molecule has 0 saturated heterocycles. The molecule has 1 aromatic carbocycles. The van der Waals surface area contributed by atoms with Crippen molar-refractivity contribution < 1.29 is 4.79 Å². The summed E-state index contributed by atoms with van der Waals surface area (Å²) in [6.07, 6.45) is 0. The molecule has 3 nitrogen and oxygen atoms in total. The molecule has 1 amide bonds. The lowest BCUT2D eigenvalue weighted by Gasteiger charge is -2.17. The van der Waals surface area contributed by atoms with E-state index >= 15 is 0 Å². The number of benzene rings is 1. The molecule has 0 saturated carbocycles. The molecule has 1 rings (SSSR count). The second kappa shape index (κ2) is 4.13. The SMILES string of the molecule is NCN(C(=O)S)c1ccccc1. The number of nitrogens with zero attached hydrogens (tertiary/aromatic N) is 1. The average molecular weight is 182 g/mol. The quantitative estimate of drug-likeness (QED) is 0.537. The zero-order valence-corrected chi connectivity index (χ0v) is 7.37. The third-order valence-electron chi connectivity index (χ3n) is 1.48. The Balaban J connectivity index is 2.88. The van der Waals surface area contributed by atoms with Crippen molar-refractivity contribution in [1.82, 2.24) is 0 Å². The van der Waals surface area contributed by atoms with Gasteiger partial charge in [0.25, 0.3) is 5.24 Å². The smallest absolute Gasteiger partial charge is 0.284 e. The van der Waals surface area contributed by atoms with E-state index < -0.39 is 0 Å². The van der Waals surface area contributed by atoms with E-state index in [0.29, 0.717) is 0 Å². The molecule has 0 fully saturated rings. The molecule has 0 atom stereocenters. The van der Waals surface area contributed by atoms with E-state index in [1.54, 1.807) is 12.1 Å². The molecule has 0 aliphatic rings. The molecule has 0 aromatic heterocycles. The maximum Gasteiger partial charge on any atom is 0.284 e. The van der Waals surface area contributed by atoms with Crippen molar-refractivity contribution in [3.05, 3.63) is 30.3 Å². The van der Waals surface area contributed by atoms with Crippen LogP contribution in [0.2, 0.25) is 0 Å². The van der Waals surface area contributed by atoms with Crippen molar-refractivity contribution in [3.8, 4) is 0 Å². The normalized spacial score (nSPS) is 9.50. The molecule has 12 heavy (non-hydrogen) atoms. The zero-order valence-electron chi connectivity index (χ0n) is 6.47. The topological polar surface area (TPSA) is 46.3 Å².